The highest BCUT2D eigenvalue weighted by Crippen LogP contribution is 2.34. The molecule has 0 aliphatic carbocycles. The van der Waals surface area contributed by atoms with E-state index in [0.29, 0.717) is 6.54 Å². The number of hydrogen-bond donors (Lipinski definition) is 1. The summed E-state index contributed by atoms with van der Waals surface area (Å²) in [5.74, 6) is 1.56. The van der Waals surface area contributed by atoms with Crippen LogP contribution >= 0.6 is 0 Å². The summed E-state index contributed by atoms with van der Waals surface area (Å²) < 4.78 is 12.5. The maximum Gasteiger partial charge on any atom is 0.231 e. The summed E-state index contributed by atoms with van der Waals surface area (Å²) in [7, 11) is 0. The lowest BCUT2D eigenvalue weighted by Crippen LogP contribution is -2.02. The third-order valence-electron chi connectivity index (χ3n) is 3.36. The zero-order valence-corrected chi connectivity index (χ0v) is 11.5. The minimum absolute atomic E-state index is 0.290. The number of ether oxygens (including phenoxy) is 2. The molecule has 0 atom stereocenters. The van der Waals surface area contributed by atoms with Gasteiger partial charge in [0.25, 0.3) is 0 Å². The fraction of sp³-hybridized carbons (Fsp3) is 0.200. The van der Waals surface area contributed by atoms with Gasteiger partial charge in [-0.3, -0.25) is 0 Å². The first-order valence-corrected chi connectivity index (χ1v) is 6.72. The number of benzene rings is 1. The van der Waals surface area contributed by atoms with Gasteiger partial charge in [0.15, 0.2) is 17.1 Å². The molecule has 1 aliphatic heterocycles. The first-order chi connectivity index (χ1) is 10.3. The van der Waals surface area contributed by atoms with Crippen LogP contribution in [-0.2, 0) is 6.54 Å². The van der Waals surface area contributed by atoms with Gasteiger partial charge in [0, 0.05) is 42.3 Å². The molecule has 106 valence electrons. The molecule has 1 aliphatic rings. The number of rotatable bonds is 3. The summed E-state index contributed by atoms with van der Waals surface area (Å²) >= 11 is 0. The molecule has 3 heterocycles. The molecule has 1 N–H and O–H groups in total. The van der Waals surface area contributed by atoms with Gasteiger partial charge in [-0.15, -0.1) is 0 Å². The molecule has 0 fully saturated rings. The lowest BCUT2D eigenvalue weighted by Gasteiger charge is -2.07. The van der Waals surface area contributed by atoms with Crippen molar-refractivity contribution in [2.24, 2.45) is 0 Å². The van der Waals surface area contributed by atoms with Gasteiger partial charge in [-0.05, 0) is 19.1 Å². The monoisotopic (exact) mass is 282 g/mol. The molecule has 0 amide bonds. The number of anilines is 1. The Morgan fingerprint density at radius 3 is 3.10 bits per heavy atom. The van der Waals surface area contributed by atoms with Crippen molar-refractivity contribution in [2.75, 3.05) is 12.1 Å². The second-order valence-electron chi connectivity index (χ2n) is 4.97. The summed E-state index contributed by atoms with van der Waals surface area (Å²) in [5, 5.41) is 7.71. The Bertz CT molecular complexity index is 813. The normalized spacial score (nSPS) is 12.8. The quantitative estimate of drug-likeness (QED) is 0.799. The molecule has 3 aromatic rings. The Balaban J connectivity index is 1.52. The van der Waals surface area contributed by atoms with Gasteiger partial charge >= 0.3 is 0 Å². The Morgan fingerprint density at radius 2 is 2.14 bits per heavy atom. The number of nitrogens with one attached hydrogen (secondary N) is 1. The number of hydrogen-bond acceptors (Lipinski definition) is 5. The van der Waals surface area contributed by atoms with E-state index >= 15 is 0 Å². The van der Waals surface area contributed by atoms with Gasteiger partial charge in [-0.2, -0.15) is 5.10 Å². The predicted octanol–water partition coefficient (Wildman–Crippen LogP) is 2.38. The van der Waals surface area contributed by atoms with Crippen molar-refractivity contribution in [1.82, 2.24) is 14.6 Å². The third kappa shape index (κ3) is 2.24. The van der Waals surface area contributed by atoms with Crippen molar-refractivity contribution < 1.29 is 9.47 Å². The summed E-state index contributed by atoms with van der Waals surface area (Å²) in [6.07, 6.45) is 3.84. The molecule has 6 nitrogen and oxygen atoms in total. The van der Waals surface area contributed by atoms with Crippen LogP contribution in [0.4, 0.5) is 5.69 Å². The minimum atomic E-state index is 0.290. The van der Waals surface area contributed by atoms with Gasteiger partial charge in [0.1, 0.15) is 0 Å². The zero-order valence-electron chi connectivity index (χ0n) is 11.5. The Kier molecular flexibility index (Phi) is 2.67. The molecule has 1 aromatic carbocycles. The van der Waals surface area contributed by atoms with Crippen LogP contribution in [0.5, 0.6) is 11.5 Å². The smallest absolute Gasteiger partial charge is 0.231 e. The fourth-order valence-electron chi connectivity index (χ4n) is 2.34. The molecule has 4 rings (SSSR count). The average molecular weight is 282 g/mol. The molecule has 0 saturated carbocycles. The highest BCUT2D eigenvalue weighted by Gasteiger charge is 2.13. The van der Waals surface area contributed by atoms with E-state index in [1.165, 1.54) is 0 Å². The van der Waals surface area contributed by atoms with Gasteiger partial charge < -0.3 is 14.8 Å². The van der Waals surface area contributed by atoms with Crippen LogP contribution < -0.4 is 14.8 Å². The maximum absolute atomic E-state index is 5.36. The minimum Gasteiger partial charge on any atom is -0.454 e. The number of nitrogens with zero attached hydrogens (tertiary/aromatic N) is 3. The van der Waals surface area contributed by atoms with E-state index in [9.17, 15) is 0 Å². The fourth-order valence-corrected chi connectivity index (χ4v) is 2.34. The molecule has 0 radical (unpaired) electrons. The predicted molar refractivity (Wildman–Crippen MR) is 77.6 cm³/mol. The molecule has 0 spiro atoms. The molecular formula is C15H14N4O2. The molecule has 21 heavy (non-hydrogen) atoms. The maximum atomic E-state index is 5.36. The summed E-state index contributed by atoms with van der Waals surface area (Å²) in [6.45, 7) is 2.92. The van der Waals surface area contributed by atoms with Gasteiger partial charge in [-0.25, -0.2) is 9.50 Å². The number of aryl methyl sites for hydroxylation is 1. The van der Waals surface area contributed by atoms with E-state index in [4.69, 9.17) is 9.47 Å². The topological polar surface area (TPSA) is 60.7 Å². The summed E-state index contributed by atoms with van der Waals surface area (Å²) in [5.41, 5.74) is 3.86. The first-order valence-electron chi connectivity index (χ1n) is 6.72. The van der Waals surface area contributed by atoms with Gasteiger partial charge in [0.2, 0.25) is 6.79 Å². The highest BCUT2D eigenvalue weighted by molar-refractivity contribution is 5.55. The van der Waals surface area contributed by atoms with Crippen molar-refractivity contribution in [3.8, 4) is 11.5 Å². The van der Waals surface area contributed by atoms with Crippen molar-refractivity contribution in [1.29, 1.82) is 0 Å². The van der Waals surface area contributed by atoms with Crippen molar-refractivity contribution >= 4 is 11.3 Å². The first kappa shape index (κ1) is 12.0. The third-order valence-corrected chi connectivity index (χ3v) is 3.36. The van der Waals surface area contributed by atoms with Crippen LogP contribution in [0.15, 0.2) is 36.7 Å². The number of aromatic nitrogens is 3. The zero-order chi connectivity index (χ0) is 14.2. The molecule has 2 aromatic heterocycles. The lowest BCUT2D eigenvalue weighted by atomic mass is 10.2. The highest BCUT2D eigenvalue weighted by atomic mass is 16.7. The number of fused-ring (bicyclic) bond motifs is 2. The second-order valence-corrected chi connectivity index (χ2v) is 4.97. The van der Waals surface area contributed by atoms with Crippen molar-refractivity contribution in [2.45, 2.75) is 13.5 Å². The van der Waals surface area contributed by atoms with Crippen LogP contribution in [0, 0.1) is 6.92 Å². The van der Waals surface area contributed by atoms with E-state index in [2.05, 4.69) is 15.4 Å². The SMILES string of the molecule is Cc1cc2ncc(CNc3ccc4c(c3)OCO4)cn2n1. The summed E-state index contributed by atoms with van der Waals surface area (Å²) in [4.78, 5) is 4.39. The van der Waals surface area contributed by atoms with Crippen LogP contribution in [0.3, 0.4) is 0 Å². The Labute approximate surface area is 121 Å². The van der Waals surface area contributed by atoms with Gasteiger partial charge in [0.05, 0.1) is 5.69 Å². The van der Waals surface area contributed by atoms with Crippen molar-refractivity contribution in [3.05, 3.63) is 47.9 Å². The molecule has 0 unspecified atom stereocenters. The summed E-state index contributed by atoms with van der Waals surface area (Å²) in [6, 6.07) is 7.77. The van der Waals surface area contributed by atoms with E-state index in [-0.39, 0.29) is 6.79 Å². The average Bonchev–Trinajstić information content (AvgIpc) is 3.08. The Morgan fingerprint density at radius 1 is 1.24 bits per heavy atom. The van der Waals surface area contributed by atoms with Crippen molar-refractivity contribution in [3.63, 3.8) is 0 Å². The van der Waals surface area contributed by atoms with E-state index in [0.717, 1.165) is 34.1 Å². The molecule has 0 saturated heterocycles. The van der Waals surface area contributed by atoms with E-state index in [1.807, 2.05) is 43.6 Å². The second kappa shape index (κ2) is 4.66. The standard InChI is InChI=1S/C15H14N4O2/c1-10-4-15-17-7-11(8-19(15)18-10)6-16-12-2-3-13-14(5-12)21-9-20-13/h2-5,7-8,16H,6,9H2,1H3. The molecular weight excluding hydrogens is 268 g/mol. The molecule has 6 heteroatoms. The molecule has 0 bridgehead atoms. The van der Waals surface area contributed by atoms with E-state index < -0.39 is 0 Å². The van der Waals surface area contributed by atoms with Gasteiger partial charge in [-0.1, -0.05) is 0 Å². The van der Waals surface area contributed by atoms with Crippen LogP contribution in [0.1, 0.15) is 11.3 Å². The van der Waals surface area contributed by atoms with Crippen LogP contribution in [-0.4, -0.2) is 21.4 Å². The van der Waals surface area contributed by atoms with Crippen LogP contribution in [0.2, 0.25) is 0 Å². The Hall–Kier alpha value is -2.76. The van der Waals surface area contributed by atoms with E-state index in [1.54, 1.807) is 4.52 Å². The van der Waals surface area contributed by atoms with Crippen LogP contribution in [0.25, 0.3) is 5.65 Å². The largest absolute Gasteiger partial charge is 0.454 e. The lowest BCUT2D eigenvalue weighted by molar-refractivity contribution is 0.174.